The van der Waals surface area contributed by atoms with Crippen LogP contribution in [0, 0.1) is 5.41 Å². The highest BCUT2D eigenvalue weighted by molar-refractivity contribution is 9.10. The van der Waals surface area contributed by atoms with E-state index in [0.29, 0.717) is 18.8 Å². The minimum absolute atomic E-state index is 0.200. The van der Waals surface area contributed by atoms with Gasteiger partial charge in [0.1, 0.15) is 0 Å². The lowest BCUT2D eigenvalue weighted by atomic mass is 9.59. The van der Waals surface area contributed by atoms with Crippen LogP contribution in [0.1, 0.15) is 38.7 Å². The van der Waals surface area contributed by atoms with Gasteiger partial charge in [-0.1, -0.05) is 41.9 Å². The summed E-state index contributed by atoms with van der Waals surface area (Å²) < 4.78 is 7.19. The highest BCUT2D eigenvalue weighted by atomic mass is 79.9. The smallest absolute Gasteiger partial charge is 0.0721 e. The third kappa shape index (κ3) is 2.49. The summed E-state index contributed by atoms with van der Waals surface area (Å²) in [6, 6.07) is 8.59. The zero-order valence-corrected chi connectivity index (χ0v) is 12.7. The number of rotatable bonds is 5. The summed E-state index contributed by atoms with van der Waals surface area (Å²) in [5, 5.41) is 0. The van der Waals surface area contributed by atoms with Gasteiger partial charge < -0.3 is 10.5 Å². The molecule has 0 spiro atoms. The number of ether oxygens (including phenoxy) is 1. The van der Waals surface area contributed by atoms with E-state index in [1.54, 1.807) is 0 Å². The van der Waals surface area contributed by atoms with Gasteiger partial charge in [0.05, 0.1) is 12.7 Å². The first-order valence-electron chi connectivity index (χ1n) is 6.74. The van der Waals surface area contributed by atoms with Crippen molar-refractivity contribution < 1.29 is 4.74 Å². The van der Waals surface area contributed by atoms with E-state index in [4.69, 9.17) is 10.5 Å². The van der Waals surface area contributed by atoms with Gasteiger partial charge >= 0.3 is 0 Å². The molecule has 2 atom stereocenters. The molecular weight excluding hydrogens is 290 g/mol. The lowest BCUT2D eigenvalue weighted by molar-refractivity contribution is -0.137. The van der Waals surface area contributed by atoms with E-state index in [2.05, 4.69) is 41.9 Å². The molecule has 0 aliphatic heterocycles. The first-order chi connectivity index (χ1) is 8.62. The third-order valence-corrected chi connectivity index (χ3v) is 5.00. The van der Waals surface area contributed by atoms with Crippen LogP contribution in [0.5, 0.6) is 0 Å². The Bertz CT molecular complexity index is 403. The predicted molar refractivity (Wildman–Crippen MR) is 78.3 cm³/mol. The molecule has 0 amide bonds. The molecule has 18 heavy (non-hydrogen) atoms. The number of hydrogen-bond acceptors (Lipinski definition) is 2. The van der Waals surface area contributed by atoms with Crippen molar-refractivity contribution in [2.75, 3.05) is 0 Å². The van der Waals surface area contributed by atoms with Crippen LogP contribution < -0.4 is 5.73 Å². The number of hydrogen-bond donors (Lipinski definition) is 1. The Morgan fingerprint density at radius 3 is 2.67 bits per heavy atom. The number of nitrogens with two attached hydrogens (primary N) is 1. The second kappa shape index (κ2) is 5.72. The van der Waals surface area contributed by atoms with Gasteiger partial charge in [-0.05, 0) is 37.0 Å². The fourth-order valence-electron chi connectivity index (χ4n) is 3.07. The van der Waals surface area contributed by atoms with E-state index >= 15 is 0 Å². The molecule has 1 fully saturated rings. The number of benzene rings is 1. The SMILES string of the molecule is CCC1(CC)C(N)CC1OCc1cccc(Br)c1. The van der Waals surface area contributed by atoms with Gasteiger partial charge in [-0.2, -0.15) is 0 Å². The molecular formula is C15H22BrNO. The van der Waals surface area contributed by atoms with Gasteiger partial charge in [-0.25, -0.2) is 0 Å². The van der Waals surface area contributed by atoms with Gasteiger partial charge in [0.15, 0.2) is 0 Å². The molecule has 100 valence electrons. The van der Waals surface area contributed by atoms with Crippen molar-refractivity contribution >= 4 is 15.9 Å². The molecule has 2 unspecified atom stereocenters. The van der Waals surface area contributed by atoms with Crippen molar-refractivity contribution in [2.24, 2.45) is 11.1 Å². The summed E-state index contributed by atoms with van der Waals surface area (Å²) in [5.41, 5.74) is 7.59. The van der Waals surface area contributed by atoms with Crippen molar-refractivity contribution in [2.45, 2.75) is 51.9 Å². The Morgan fingerprint density at radius 1 is 1.39 bits per heavy atom. The molecule has 0 heterocycles. The maximum absolute atomic E-state index is 6.17. The molecule has 3 heteroatoms. The Morgan fingerprint density at radius 2 is 2.11 bits per heavy atom. The Hall–Kier alpha value is -0.380. The minimum atomic E-state index is 0.200. The molecule has 0 aromatic heterocycles. The fourth-order valence-corrected chi connectivity index (χ4v) is 3.51. The highest BCUT2D eigenvalue weighted by Gasteiger charge is 2.51. The van der Waals surface area contributed by atoms with Crippen molar-refractivity contribution in [3.8, 4) is 0 Å². The molecule has 2 rings (SSSR count). The van der Waals surface area contributed by atoms with Crippen LogP contribution in [-0.4, -0.2) is 12.1 Å². The summed E-state index contributed by atoms with van der Waals surface area (Å²) in [4.78, 5) is 0. The van der Waals surface area contributed by atoms with Gasteiger partial charge in [0.2, 0.25) is 0 Å². The Balaban J connectivity index is 1.95. The van der Waals surface area contributed by atoms with Gasteiger partial charge in [0.25, 0.3) is 0 Å². The fraction of sp³-hybridized carbons (Fsp3) is 0.600. The normalized spacial score (nSPS) is 25.8. The maximum atomic E-state index is 6.17. The first-order valence-corrected chi connectivity index (χ1v) is 7.53. The topological polar surface area (TPSA) is 35.2 Å². The molecule has 0 saturated heterocycles. The number of halogens is 1. The Kier molecular flexibility index (Phi) is 4.46. The van der Waals surface area contributed by atoms with Crippen molar-refractivity contribution in [3.05, 3.63) is 34.3 Å². The molecule has 0 bridgehead atoms. The summed E-state index contributed by atoms with van der Waals surface area (Å²) in [6.07, 6.45) is 3.53. The lowest BCUT2D eigenvalue weighted by Crippen LogP contribution is -2.61. The maximum Gasteiger partial charge on any atom is 0.0721 e. The molecule has 1 aromatic rings. The van der Waals surface area contributed by atoms with Crippen LogP contribution in [0.3, 0.4) is 0 Å². The summed E-state index contributed by atoms with van der Waals surface area (Å²) in [7, 11) is 0. The first kappa shape index (κ1) is 14.0. The molecule has 1 aromatic carbocycles. The average molecular weight is 312 g/mol. The molecule has 0 radical (unpaired) electrons. The summed E-state index contributed by atoms with van der Waals surface area (Å²) >= 11 is 3.48. The molecule has 2 N–H and O–H groups in total. The molecule has 1 saturated carbocycles. The van der Waals surface area contributed by atoms with Crippen LogP contribution >= 0.6 is 15.9 Å². The molecule has 2 nitrogen and oxygen atoms in total. The lowest BCUT2D eigenvalue weighted by Gasteiger charge is -2.53. The molecule has 1 aliphatic carbocycles. The minimum Gasteiger partial charge on any atom is -0.373 e. The zero-order chi connectivity index (χ0) is 13.2. The third-order valence-electron chi connectivity index (χ3n) is 4.50. The second-order valence-corrected chi connectivity index (χ2v) is 6.13. The van der Waals surface area contributed by atoms with E-state index in [-0.39, 0.29) is 5.41 Å². The van der Waals surface area contributed by atoms with Crippen LogP contribution in [0.4, 0.5) is 0 Å². The zero-order valence-electron chi connectivity index (χ0n) is 11.2. The van der Waals surface area contributed by atoms with Gasteiger partial charge in [-0.15, -0.1) is 0 Å². The predicted octanol–water partition coefficient (Wildman–Crippen LogP) is 3.87. The van der Waals surface area contributed by atoms with Crippen LogP contribution in [0.2, 0.25) is 0 Å². The summed E-state index contributed by atoms with van der Waals surface area (Å²) in [6.45, 7) is 5.12. The van der Waals surface area contributed by atoms with Crippen molar-refractivity contribution in [1.82, 2.24) is 0 Å². The average Bonchev–Trinajstić information content (AvgIpc) is 2.36. The Labute approximate surface area is 118 Å². The van der Waals surface area contributed by atoms with Crippen LogP contribution in [0.25, 0.3) is 0 Å². The second-order valence-electron chi connectivity index (χ2n) is 5.21. The largest absolute Gasteiger partial charge is 0.373 e. The van der Waals surface area contributed by atoms with Crippen molar-refractivity contribution in [3.63, 3.8) is 0 Å². The highest BCUT2D eigenvalue weighted by Crippen LogP contribution is 2.47. The van der Waals surface area contributed by atoms with E-state index < -0.39 is 0 Å². The van der Waals surface area contributed by atoms with Gasteiger partial charge in [0, 0.05) is 15.9 Å². The monoisotopic (exact) mass is 311 g/mol. The van der Waals surface area contributed by atoms with E-state index in [1.165, 1.54) is 5.56 Å². The standard InChI is InChI=1S/C15H22BrNO/c1-3-15(4-2)13(17)9-14(15)18-10-11-6-5-7-12(16)8-11/h5-8,13-14H,3-4,9-10,17H2,1-2H3. The summed E-state index contributed by atoms with van der Waals surface area (Å²) in [5.74, 6) is 0. The van der Waals surface area contributed by atoms with Gasteiger partial charge in [-0.3, -0.25) is 0 Å². The molecule has 1 aliphatic rings. The van der Waals surface area contributed by atoms with Crippen molar-refractivity contribution in [1.29, 1.82) is 0 Å². The quantitative estimate of drug-likeness (QED) is 0.896. The van der Waals surface area contributed by atoms with E-state index in [1.807, 2.05) is 12.1 Å². The van der Waals surface area contributed by atoms with Crippen LogP contribution in [0.15, 0.2) is 28.7 Å². The van der Waals surface area contributed by atoms with E-state index in [0.717, 1.165) is 23.7 Å². The van der Waals surface area contributed by atoms with E-state index in [9.17, 15) is 0 Å². The van der Waals surface area contributed by atoms with Crippen LogP contribution in [-0.2, 0) is 11.3 Å².